The number of halogens is 1. The van der Waals surface area contributed by atoms with Crippen molar-refractivity contribution in [1.82, 2.24) is 9.80 Å². The van der Waals surface area contributed by atoms with E-state index in [1.807, 2.05) is 13.8 Å². The largest absolute Gasteiger partial charge is 0.455 e. The first-order valence-electron chi connectivity index (χ1n) is 8.23. The second kappa shape index (κ2) is 8.09. The van der Waals surface area contributed by atoms with Gasteiger partial charge in [-0.05, 0) is 19.9 Å². The summed E-state index contributed by atoms with van der Waals surface area (Å²) in [7, 11) is 1.52. The predicted molar refractivity (Wildman–Crippen MR) is 88.8 cm³/mol. The maximum atomic E-state index is 13.6. The van der Waals surface area contributed by atoms with E-state index >= 15 is 0 Å². The summed E-state index contributed by atoms with van der Waals surface area (Å²) in [5, 5.41) is 0. The van der Waals surface area contributed by atoms with E-state index in [2.05, 4.69) is 0 Å². The number of carbonyl (C=O) groups is 3. The van der Waals surface area contributed by atoms with E-state index in [1.165, 1.54) is 18.0 Å². The lowest BCUT2D eigenvalue weighted by atomic mass is 10.1. The van der Waals surface area contributed by atoms with E-state index in [9.17, 15) is 18.8 Å². The van der Waals surface area contributed by atoms with Gasteiger partial charge in [0.1, 0.15) is 5.82 Å². The van der Waals surface area contributed by atoms with Gasteiger partial charge in [-0.2, -0.15) is 0 Å². The van der Waals surface area contributed by atoms with Crippen molar-refractivity contribution in [2.45, 2.75) is 32.9 Å². The number of nitrogens with zero attached hydrogens (tertiary/aromatic N) is 2. The molecule has 1 unspecified atom stereocenters. The van der Waals surface area contributed by atoms with Gasteiger partial charge in [0.2, 0.25) is 5.91 Å². The first-order chi connectivity index (χ1) is 11.8. The van der Waals surface area contributed by atoms with E-state index in [-0.39, 0.29) is 24.9 Å². The molecule has 0 aliphatic carbocycles. The van der Waals surface area contributed by atoms with Crippen molar-refractivity contribution >= 4 is 17.8 Å². The number of hydrogen-bond donors (Lipinski definition) is 0. The number of rotatable bonds is 6. The van der Waals surface area contributed by atoms with Gasteiger partial charge in [0.05, 0.1) is 5.92 Å². The van der Waals surface area contributed by atoms with Crippen molar-refractivity contribution in [3.63, 3.8) is 0 Å². The van der Waals surface area contributed by atoms with Crippen LogP contribution in [0.3, 0.4) is 0 Å². The molecule has 25 heavy (non-hydrogen) atoms. The molecule has 0 bridgehead atoms. The molecule has 1 fully saturated rings. The van der Waals surface area contributed by atoms with Gasteiger partial charge in [-0.3, -0.25) is 14.4 Å². The zero-order valence-corrected chi connectivity index (χ0v) is 14.7. The molecule has 0 aromatic heterocycles. The van der Waals surface area contributed by atoms with Crippen molar-refractivity contribution < 1.29 is 23.5 Å². The molecule has 1 aromatic carbocycles. The number of benzene rings is 1. The molecule has 1 aliphatic heterocycles. The van der Waals surface area contributed by atoms with Crippen LogP contribution in [-0.2, 0) is 25.7 Å². The van der Waals surface area contributed by atoms with Crippen LogP contribution in [0, 0.1) is 11.7 Å². The lowest BCUT2D eigenvalue weighted by Gasteiger charge is -2.21. The molecule has 6 nitrogen and oxygen atoms in total. The molecular weight excluding hydrogens is 327 g/mol. The summed E-state index contributed by atoms with van der Waals surface area (Å²) in [6, 6.07) is 6.21. The summed E-state index contributed by atoms with van der Waals surface area (Å²) in [6.07, 6.45) is 0.107. The fourth-order valence-corrected chi connectivity index (χ4v) is 2.72. The SMILES string of the molecule is CC(C)N1CC(C(=O)OCC(=O)N(C)Cc2ccccc2F)CC1=O. The van der Waals surface area contributed by atoms with Crippen molar-refractivity contribution in [2.24, 2.45) is 5.92 Å². The molecule has 2 rings (SSSR count). The van der Waals surface area contributed by atoms with Crippen LogP contribution in [0.2, 0.25) is 0 Å². The second-order valence-corrected chi connectivity index (χ2v) is 6.49. The Morgan fingerprint density at radius 2 is 2.04 bits per heavy atom. The monoisotopic (exact) mass is 350 g/mol. The predicted octanol–water partition coefficient (Wildman–Crippen LogP) is 1.58. The topological polar surface area (TPSA) is 66.9 Å². The van der Waals surface area contributed by atoms with Crippen molar-refractivity contribution in [3.8, 4) is 0 Å². The normalized spacial score (nSPS) is 17.1. The highest BCUT2D eigenvalue weighted by Gasteiger charge is 2.36. The van der Waals surface area contributed by atoms with Crippen LogP contribution in [0.4, 0.5) is 4.39 Å². The van der Waals surface area contributed by atoms with Crippen molar-refractivity contribution in [2.75, 3.05) is 20.2 Å². The fraction of sp³-hybridized carbons (Fsp3) is 0.500. The van der Waals surface area contributed by atoms with Crippen LogP contribution in [-0.4, -0.2) is 53.8 Å². The maximum absolute atomic E-state index is 13.6. The Bertz CT molecular complexity index is 662. The van der Waals surface area contributed by atoms with Crippen LogP contribution < -0.4 is 0 Å². The molecule has 1 heterocycles. The van der Waals surface area contributed by atoms with Crippen LogP contribution in [0.5, 0.6) is 0 Å². The highest BCUT2D eigenvalue weighted by Crippen LogP contribution is 2.21. The third-order valence-electron chi connectivity index (χ3n) is 4.24. The minimum atomic E-state index is -0.552. The lowest BCUT2D eigenvalue weighted by molar-refractivity contribution is -0.155. The Labute approximate surface area is 146 Å². The summed E-state index contributed by atoms with van der Waals surface area (Å²) >= 11 is 0. The third kappa shape index (κ3) is 4.78. The standard InChI is InChI=1S/C18H23FN2O4/c1-12(2)21-10-14(8-16(21)22)18(24)25-11-17(23)20(3)9-13-6-4-5-7-15(13)19/h4-7,12,14H,8-11H2,1-3H3. The van der Waals surface area contributed by atoms with E-state index in [4.69, 9.17) is 4.74 Å². The smallest absolute Gasteiger partial charge is 0.311 e. The number of ether oxygens (including phenoxy) is 1. The number of hydrogen-bond acceptors (Lipinski definition) is 4. The molecule has 1 atom stereocenters. The molecule has 0 N–H and O–H groups in total. The van der Waals surface area contributed by atoms with Gasteiger partial charge in [-0.15, -0.1) is 0 Å². The van der Waals surface area contributed by atoms with Gasteiger partial charge < -0.3 is 14.5 Å². The summed E-state index contributed by atoms with van der Waals surface area (Å²) in [5.41, 5.74) is 0.388. The van der Waals surface area contributed by atoms with Crippen LogP contribution in [0.15, 0.2) is 24.3 Å². The fourth-order valence-electron chi connectivity index (χ4n) is 2.72. The summed E-state index contributed by atoms with van der Waals surface area (Å²) in [6.45, 7) is 3.75. The average Bonchev–Trinajstić information content (AvgIpc) is 2.96. The van der Waals surface area contributed by atoms with E-state index in [0.29, 0.717) is 12.1 Å². The summed E-state index contributed by atoms with van der Waals surface area (Å²) in [4.78, 5) is 38.9. The highest BCUT2D eigenvalue weighted by molar-refractivity contribution is 5.88. The summed E-state index contributed by atoms with van der Waals surface area (Å²) in [5.74, 6) is -2.00. The van der Waals surface area contributed by atoms with Gasteiger partial charge in [-0.1, -0.05) is 18.2 Å². The van der Waals surface area contributed by atoms with Crippen LogP contribution in [0.1, 0.15) is 25.8 Å². The Kier molecular flexibility index (Phi) is 6.12. The van der Waals surface area contributed by atoms with Crippen molar-refractivity contribution in [1.29, 1.82) is 0 Å². The average molecular weight is 350 g/mol. The number of likely N-dealkylation sites (N-methyl/N-ethyl adjacent to an activating group) is 1. The molecule has 136 valence electrons. The number of carbonyl (C=O) groups excluding carboxylic acids is 3. The highest BCUT2D eigenvalue weighted by atomic mass is 19.1. The molecule has 7 heteroatoms. The van der Waals surface area contributed by atoms with Gasteiger partial charge >= 0.3 is 5.97 Å². The Morgan fingerprint density at radius 1 is 1.36 bits per heavy atom. The van der Waals surface area contributed by atoms with Crippen LogP contribution in [0.25, 0.3) is 0 Å². The second-order valence-electron chi connectivity index (χ2n) is 6.49. The molecule has 0 radical (unpaired) electrons. The number of likely N-dealkylation sites (tertiary alicyclic amines) is 1. The molecule has 0 spiro atoms. The molecule has 1 aromatic rings. The Balaban J connectivity index is 1.82. The number of esters is 1. The first-order valence-corrected chi connectivity index (χ1v) is 8.23. The van der Waals surface area contributed by atoms with Gasteiger partial charge in [-0.25, -0.2) is 4.39 Å². The number of amides is 2. The van der Waals surface area contributed by atoms with Gasteiger partial charge in [0, 0.05) is 38.2 Å². The quantitative estimate of drug-likeness (QED) is 0.731. The minimum Gasteiger partial charge on any atom is -0.455 e. The Morgan fingerprint density at radius 3 is 2.64 bits per heavy atom. The van der Waals surface area contributed by atoms with E-state index in [0.717, 1.165) is 0 Å². The maximum Gasteiger partial charge on any atom is 0.311 e. The van der Waals surface area contributed by atoms with Crippen molar-refractivity contribution in [3.05, 3.63) is 35.6 Å². The molecular formula is C18H23FN2O4. The Hall–Kier alpha value is -2.44. The lowest BCUT2D eigenvalue weighted by Crippen LogP contribution is -2.34. The zero-order valence-electron chi connectivity index (χ0n) is 14.7. The van der Waals surface area contributed by atoms with E-state index in [1.54, 1.807) is 23.1 Å². The molecule has 0 saturated carbocycles. The minimum absolute atomic E-state index is 0.0267. The molecule has 1 aliphatic rings. The van der Waals surface area contributed by atoms with Crippen LogP contribution >= 0.6 is 0 Å². The zero-order chi connectivity index (χ0) is 18.6. The molecule has 1 saturated heterocycles. The van der Waals surface area contributed by atoms with Gasteiger partial charge in [0.15, 0.2) is 6.61 Å². The van der Waals surface area contributed by atoms with Gasteiger partial charge in [0.25, 0.3) is 5.91 Å². The first kappa shape index (κ1) is 18.9. The van der Waals surface area contributed by atoms with E-state index < -0.39 is 30.2 Å². The third-order valence-corrected chi connectivity index (χ3v) is 4.24. The molecule has 2 amide bonds. The summed E-state index contributed by atoms with van der Waals surface area (Å²) < 4.78 is 18.7.